The highest BCUT2D eigenvalue weighted by atomic mass is 14.3. The molecule has 2 aliphatic rings. The predicted octanol–water partition coefficient (Wildman–Crippen LogP) is 4.90. The van der Waals surface area contributed by atoms with Crippen LogP contribution in [-0.4, -0.2) is 0 Å². The monoisotopic (exact) mass is 240 g/mol. The van der Waals surface area contributed by atoms with Crippen molar-refractivity contribution in [3.63, 3.8) is 0 Å². The van der Waals surface area contributed by atoms with Crippen molar-refractivity contribution in [3.8, 4) is 0 Å². The Labute approximate surface area is 111 Å². The van der Waals surface area contributed by atoms with Crippen LogP contribution in [0.3, 0.4) is 0 Å². The van der Waals surface area contributed by atoms with Crippen LogP contribution in [0.2, 0.25) is 0 Å². The van der Waals surface area contributed by atoms with Crippen molar-refractivity contribution < 1.29 is 0 Å². The van der Waals surface area contributed by atoms with E-state index in [2.05, 4.69) is 39.8 Å². The first-order chi connectivity index (χ1) is 8.58. The molecule has 0 N–H and O–H groups in total. The third-order valence-electron chi connectivity index (χ3n) is 4.65. The van der Waals surface area contributed by atoms with E-state index in [-0.39, 0.29) is 0 Å². The summed E-state index contributed by atoms with van der Waals surface area (Å²) in [5.74, 6) is 1.28. The number of allylic oxidation sites excluding steroid dienone is 2. The molecule has 1 unspecified atom stereocenters. The van der Waals surface area contributed by atoms with Gasteiger partial charge in [-0.1, -0.05) is 38.5 Å². The van der Waals surface area contributed by atoms with Gasteiger partial charge in [0.25, 0.3) is 0 Å². The molecule has 1 atom stereocenters. The molecule has 0 nitrogen and oxygen atoms in total. The molecule has 0 aromatic heterocycles. The lowest BCUT2D eigenvalue weighted by Gasteiger charge is -2.27. The number of fused-ring (bicyclic) bond motifs is 2. The molecule has 0 saturated carbocycles. The molecule has 0 spiro atoms. The molecule has 0 heteroatoms. The quantitative estimate of drug-likeness (QED) is 0.612. The van der Waals surface area contributed by atoms with E-state index in [4.69, 9.17) is 0 Å². The van der Waals surface area contributed by atoms with Gasteiger partial charge in [0.1, 0.15) is 0 Å². The minimum Gasteiger partial charge on any atom is -0.0780 e. The molecule has 0 aliphatic heterocycles. The van der Waals surface area contributed by atoms with Crippen LogP contribution in [0.4, 0.5) is 0 Å². The summed E-state index contributed by atoms with van der Waals surface area (Å²) < 4.78 is 0. The highest BCUT2D eigenvalue weighted by Crippen LogP contribution is 2.40. The Balaban J connectivity index is 2.25. The summed E-state index contributed by atoms with van der Waals surface area (Å²) >= 11 is 0. The summed E-state index contributed by atoms with van der Waals surface area (Å²) in [6, 6.07) is 2.52. The third kappa shape index (κ3) is 1.74. The number of rotatable bonds is 1. The second kappa shape index (κ2) is 4.26. The fourth-order valence-electron chi connectivity index (χ4n) is 4.00. The summed E-state index contributed by atoms with van der Waals surface area (Å²) in [6.45, 7) is 9.38. The number of hydrogen-bond acceptors (Lipinski definition) is 0. The van der Waals surface area contributed by atoms with E-state index in [1.54, 1.807) is 33.4 Å². The van der Waals surface area contributed by atoms with Gasteiger partial charge in [0.2, 0.25) is 0 Å². The van der Waals surface area contributed by atoms with Crippen LogP contribution >= 0.6 is 0 Å². The Morgan fingerprint density at radius 3 is 2.67 bits per heavy atom. The molecule has 96 valence electrons. The molecule has 18 heavy (non-hydrogen) atoms. The zero-order chi connectivity index (χ0) is 12.9. The normalized spacial score (nSPS) is 21.8. The van der Waals surface area contributed by atoms with E-state index >= 15 is 0 Å². The van der Waals surface area contributed by atoms with E-state index in [1.807, 2.05) is 0 Å². The van der Waals surface area contributed by atoms with Crippen LogP contribution in [0.15, 0.2) is 17.7 Å². The molecule has 0 fully saturated rings. The molecule has 1 aromatic carbocycles. The van der Waals surface area contributed by atoms with Gasteiger partial charge in [0.15, 0.2) is 0 Å². The van der Waals surface area contributed by atoms with Crippen molar-refractivity contribution in [1.29, 1.82) is 0 Å². The lowest BCUT2D eigenvalue weighted by atomic mass is 9.77. The van der Waals surface area contributed by atoms with E-state index in [1.165, 1.54) is 25.7 Å². The van der Waals surface area contributed by atoms with Crippen molar-refractivity contribution >= 4 is 0 Å². The van der Waals surface area contributed by atoms with Crippen molar-refractivity contribution in [3.05, 3.63) is 45.5 Å². The van der Waals surface area contributed by atoms with Crippen LogP contribution in [0.5, 0.6) is 0 Å². The van der Waals surface area contributed by atoms with E-state index in [0.717, 1.165) is 0 Å². The second-order valence-electron chi connectivity index (χ2n) is 6.48. The molecule has 0 amide bonds. The average Bonchev–Trinajstić information content (AvgIpc) is 2.73. The van der Waals surface area contributed by atoms with Gasteiger partial charge in [-0.2, -0.15) is 0 Å². The van der Waals surface area contributed by atoms with Gasteiger partial charge in [0, 0.05) is 0 Å². The Hall–Kier alpha value is -1.04. The Morgan fingerprint density at radius 2 is 1.94 bits per heavy atom. The van der Waals surface area contributed by atoms with E-state index in [9.17, 15) is 0 Å². The standard InChI is InChI=1S/C18H24/c1-11(2)18-15-7-5-6-14(15)10-16-13(4)8-12(3)9-17(16)18/h8,10-11,13H,5-7,9H2,1-4H3. The van der Waals surface area contributed by atoms with Crippen LogP contribution < -0.4 is 0 Å². The lowest BCUT2D eigenvalue weighted by Crippen LogP contribution is -2.12. The number of aryl methyl sites for hydroxylation is 1. The van der Waals surface area contributed by atoms with Crippen molar-refractivity contribution in [1.82, 2.24) is 0 Å². The first-order valence-electron chi connectivity index (χ1n) is 7.42. The van der Waals surface area contributed by atoms with Crippen LogP contribution in [-0.2, 0) is 19.3 Å². The van der Waals surface area contributed by atoms with Gasteiger partial charge in [0.05, 0.1) is 0 Å². The maximum atomic E-state index is 2.52. The maximum Gasteiger partial charge on any atom is -0.000470 e. The molecule has 0 saturated heterocycles. The highest BCUT2D eigenvalue weighted by Gasteiger charge is 2.26. The summed E-state index contributed by atoms with van der Waals surface area (Å²) in [4.78, 5) is 0. The minimum atomic E-state index is 0.608. The van der Waals surface area contributed by atoms with Crippen molar-refractivity contribution in [2.24, 2.45) is 0 Å². The first kappa shape index (κ1) is 12.0. The SMILES string of the molecule is CC1=CC(C)c2cc3c(c(C(C)C)c2C1)CCC3. The minimum absolute atomic E-state index is 0.608. The highest BCUT2D eigenvalue weighted by molar-refractivity contribution is 5.54. The Kier molecular flexibility index (Phi) is 2.84. The van der Waals surface area contributed by atoms with E-state index < -0.39 is 0 Å². The molecule has 0 radical (unpaired) electrons. The zero-order valence-corrected chi connectivity index (χ0v) is 12.1. The molecule has 1 aromatic rings. The smallest absolute Gasteiger partial charge is 0.000470 e. The number of benzene rings is 1. The topological polar surface area (TPSA) is 0 Å². The maximum absolute atomic E-state index is 2.52. The van der Waals surface area contributed by atoms with Crippen molar-refractivity contribution in [2.45, 2.75) is 65.2 Å². The summed E-state index contributed by atoms with van der Waals surface area (Å²) in [5.41, 5.74) is 9.88. The molecule has 0 bridgehead atoms. The summed E-state index contributed by atoms with van der Waals surface area (Å²) in [7, 11) is 0. The molecular weight excluding hydrogens is 216 g/mol. The third-order valence-corrected chi connectivity index (χ3v) is 4.65. The predicted molar refractivity (Wildman–Crippen MR) is 78.4 cm³/mol. The Bertz CT molecular complexity index is 517. The van der Waals surface area contributed by atoms with Gasteiger partial charge in [-0.25, -0.2) is 0 Å². The van der Waals surface area contributed by atoms with Gasteiger partial charge in [-0.15, -0.1) is 0 Å². The van der Waals surface area contributed by atoms with Crippen molar-refractivity contribution in [2.75, 3.05) is 0 Å². The van der Waals surface area contributed by atoms with Gasteiger partial charge >= 0.3 is 0 Å². The van der Waals surface area contributed by atoms with Gasteiger partial charge in [-0.05, 0) is 72.3 Å². The fourth-order valence-corrected chi connectivity index (χ4v) is 4.00. The summed E-state index contributed by atoms with van der Waals surface area (Å²) in [6.07, 6.45) is 7.61. The zero-order valence-electron chi connectivity index (χ0n) is 12.1. The van der Waals surface area contributed by atoms with Gasteiger partial charge < -0.3 is 0 Å². The Morgan fingerprint density at radius 1 is 1.17 bits per heavy atom. The summed E-state index contributed by atoms with van der Waals surface area (Å²) in [5, 5.41) is 0. The van der Waals surface area contributed by atoms with Crippen LogP contribution in [0.1, 0.15) is 73.8 Å². The van der Waals surface area contributed by atoms with Crippen LogP contribution in [0.25, 0.3) is 0 Å². The fraction of sp³-hybridized carbons (Fsp3) is 0.556. The molecule has 0 heterocycles. The largest absolute Gasteiger partial charge is 0.0780 e. The molecule has 2 aliphatic carbocycles. The van der Waals surface area contributed by atoms with E-state index in [0.29, 0.717) is 11.8 Å². The molecule has 3 rings (SSSR count). The first-order valence-corrected chi connectivity index (χ1v) is 7.42. The van der Waals surface area contributed by atoms with Gasteiger partial charge in [-0.3, -0.25) is 0 Å². The molecular formula is C18H24. The second-order valence-corrected chi connectivity index (χ2v) is 6.48. The lowest BCUT2D eigenvalue weighted by molar-refractivity contribution is 0.792. The van der Waals surface area contributed by atoms with Crippen LogP contribution in [0, 0.1) is 0 Å². The number of hydrogen-bond donors (Lipinski definition) is 0. The average molecular weight is 240 g/mol.